The maximum atomic E-state index is 5.81. The summed E-state index contributed by atoms with van der Waals surface area (Å²) in [5.74, 6) is 0.753. The Labute approximate surface area is 127 Å². The van der Waals surface area contributed by atoms with Crippen molar-refractivity contribution in [1.82, 2.24) is 19.6 Å². The van der Waals surface area contributed by atoms with Crippen molar-refractivity contribution in [3.8, 4) is 0 Å². The van der Waals surface area contributed by atoms with Gasteiger partial charge in [0.05, 0.1) is 24.1 Å². The summed E-state index contributed by atoms with van der Waals surface area (Å²) in [5, 5.41) is 11.2. The van der Waals surface area contributed by atoms with E-state index in [1.54, 1.807) is 12.3 Å². The van der Waals surface area contributed by atoms with Crippen LogP contribution < -0.4 is 5.32 Å². The number of anilines is 1. The molecule has 3 aromatic heterocycles. The van der Waals surface area contributed by atoms with E-state index < -0.39 is 0 Å². The van der Waals surface area contributed by atoms with Gasteiger partial charge in [-0.05, 0) is 30.4 Å². The van der Waals surface area contributed by atoms with Crippen molar-refractivity contribution in [3.05, 3.63) is 53.2 Å². The van der Waals surface area contributed by atoms with E-state index in [1.807, 2.05) is 0 Å². The average Bonchev–Trinajstić information content (AvgIpc) is 3.25. The number of halogens is 1. The summed E-state index contributed by atoms with van der Waals surface area (Å²) in [6.45, 7) is 0.627. The van der Waals surface area contributed by atoms with Crippen molar-refractivity contribution in [2.45, 2.75) is 25.3 Å². The largest absolute Gasteiger partial charge is 0.378 e. The number of imidazole rings is 1. The Bertz CT molecular complexity index is 794. The van der Waals surface area contributed by atoms with E-state index in [0.29, 0.717) is 11.7 Å². The number of nitrogens with zero attached hydrogens (tertiary/aromatic N) is 4. The zero-order valence-corrected chi connectivity index (χ0v) is 12.1. The summed E-state index contributed by atoms with van der Waals surface area (Å²) in [6.07, 6.45) is 8.51. The van der Waals surface area contributed by atoms with Crippen LogP contribution in [-0.4, -0.2) is 19.6 Å². The second-order valence-electron chi connectivity index (χ2n) is 5.35. The number of nitrogens with one attached hydrogen (secondary N) is 1. The first-order chi connectivity index (χ1) is 10.3. The number of pyridine rings is 1. The van der Waals surface area contributed by atoms with Crippen LogP contribution in [0.25, 0.3) is 5.65 Å². The quantitative estimate of drug-likeness (QED) is 0.803. The first-order valence-electron chi connectivity index (χ1n) is 6.97. The van der Waals surface area contributed by atoms with Gasteiger partial charge in [0, 0.05) is 18.5 Å². The van der Waals surface area contributed by atoms with Crippen LogP contribution in [0.2, 0.25) is 5.15 Å². The maximum Gasteiger partial charge on any atom is 0.153 e. The van der Waals surface area contributed by atoms with Gasteiger partial charge in [0.25, 0.3) is 0 Å². The lowest BCUT2D eigenvalue weighted by molar-refractivity contribution is 1.01. The van der Waals surface area contributed by atoms with Crippen molar-refractivity contribution in [3.63, 3.8) is 0 Å². The van der Waals surface area contributed by atoms with Crippen LogP contribution in [0.5, 0.6) is 0 Å². The van der Waals surface area contributed by atoms with Gasteiger partial charge in [-0.15, -0.1) is 5.10 Å². The second-order valence-corrected chi connectivity index (χ2v) is 5.74. The van der Waals surface area contributed by atoms with Gasteiger partial charge >= 0.3 is 0 Å². The summed E-state index contributed by atoms with van der Waals surface area (Å²) in [6, 6.07) is 6.02. The maximum absolute atomic E-state index is 5.81. The normalized spacial score (nSPS) is 14.5. The van der Waals surface area contributed by atoms with E-state index in [0.717, 1.165) is 22.9 Å². The summed E-state index contributed by atoms with van der Waals surface area (Å²) >= 11 is 5.81. The molecule has 1 saturated carbocycles. The highest BCUT2D eigenvalue weighted by atomic mass is 35.5. The van der Waals surface area contributed by atoms with E-state index in [4.69, 9.17) is 11.6 Å². The number of aromatic nitrogens is 4. The fourth-order valence-corrected chi connectivity index (χ4v) is 2.60. The van der Waals surface area contributed by atoms with Crippen LogP contribution >= 0.6 is 11.6 Å². The number of fused-ring (bicyclic) bond motifs is 1. The molecule has 1 N–H and O–H groups in total. The highest BCUT2D eigenvalue weighted by Gasteiger charge is 2.23. The van der Waals surface area contributed by atoms with E-state index >= 15 is 0 Å². The molecule has 0 spiro atoms. The molecular weight excluding hydrogens is 286 g/mol. The third-order valence-corrected chi connectivity index (χ3v) is 3.86. The smallest absolute Gasteiger partial charge is 0.153 e. The van der Waals surface area contributed by atoms with Gasteiger partial charge in [0.15, 0.2) is 5.15 Å². The van der Waals surface area contributed by atoms with Crippen molar-refractivity contribution in [2.24, 2.45) is 0 Å². The topological polar surface area (TPSA) is 55.1 Å². The molecule has 0 saturated heterocycles. The first kappa shape index (κ1) is 12.6. The SMILES string of the molecule is Clc1cc(NCc2cn3cc(C4CC4)ccc3n2)cnn1. The Morgan fingerprint density at radius 2 is 2.19 bits per heavy atom. The Kier molecular flexibility index (Phi) is 3.00. The van der Waals surface area contributed by atoms with Crippen LogP contribution in [0.15, 0.2) is 36.8 Å². The summed E-state index contributed by atoms with van der Waals surface area (Å²) in [7, 11) is 0. The van der Waals surface area contributed by atoms with Crippen molar-refractivity contribution in [2.75, 3.05) is 5.32 Å². The third kappa shape index (κ3) is 2.69. The van der Waals surface area contributed by atoms with Gasteiger partial charge < -0.3 is 9.72 Å². The van der Waals surface area contributed by atoms with Crippen LogP contribution in [0.3, 0.4) is 0 Å². The molecule has 0 amide bonds. The van der Waals surface area contributed by atoms with Crippen molar-refractivity contribution in [1.29, 1.82) is 0 Å². The first-order valence-corrected chi connectivity index (χ1v) is 7.35. The zero-order chi connectivity index (χ0) is 14.2. The van der Waals surface area contributed by atoms with E-state index in [2.05, 4.69) is 49.4 Å². The summed E-state index contributed by atoms with van der Waals surface area (Å²) in [5.41, 5.74) is 4.20. The van der Waals surface area contributed by atoms with Gasteiger partial charge in [0.2, 0.25) is 0 Å². The predicted molar refractivity (Wildman–Crippen MR) is 81.5 cm³/mol. The third-order valence-electron chi connectivity index (χ3n) is 3.67. The van der Waals surface area contributed by atoms with Crippen LogP contribution in [0.4, 0.5) is 5.69 Å². The van der Waals surface area contributed by atoms with E-state index in [9.17, 15) is 0 Å². The monoisotopic (exact) mass is 299 g/mol. The zero-order valence-electron chi connectivity index (χ0n) is 11.3. The molecule has 3 aromatic rings. The fourth-order valence-electron chi connectivity index (χ4n) is 2.43. The Hall–Kier alpha value is -2.14. The lowest BCUT2D eigenvalue weighted by Gasteiger charge is -2.02. The molecule has 6 heteroatoms. The molecule has 1 aliphatic rings. The molecule has 4 rings (SSSR count). The molecule has 106 valence electrons. The van der Waals surface area contributed by atoms with Gasteiger partial charge in [-0.1, -0.05) is 17.7 Å². The Balaban J connectivity index is 1.53. The molecule has 5 nitrogen and oxygen atoms in total. The van der Waals surface area contributed by atoms with Crippen molar-refractivity contribution < 1.29 is 0 Å². The average molecular weight is 300 g/mol. The number of hydrogen-bond acceptors (Lipinski definition) is 4. The molecule has 1 aliphatic carbocycles. The molecule has 0 aliphatic heterocycles. The minimum atomic E-state index is 0.379. The minimum Gasteiger partial charge on any atom is -0.378 e. The van der Waals surface area contributed by atoms with E-state index in [-0.39, 0.29) is 0 Å². The Morgan fingerprint density at radius 3 is 3.00 bits per heavy atom. The molecule has 0 radical (unpaired) electrons. The molecule has 0 unspecified atom stereocenters. The van der Waals surface area contributed by atoms with Gasteiger partial charge in [-0.2, -0.15) is 5.10 Å². The minimum absolute atomic E-state index is 0.379. The highest BCUT2D eigenvalue weighted by Crippen LogP contribution is 2.39. The van der Waals surface area contributed by atoms with Crippen molar-refractivity contribution >= 4 is 22.9 Å². The van der Waals surface area contributed by atoms with Gasteiger partial charge in [-0.25, -0.2) is 4.98 Å². The predicted octanol–water partition coefficient (Wildman–Crippen LogP) is 3.27. The van der Waals surface area contributed by atoms with Gasteiger partial charge in [0.1, 0.15) is 5.65 Å². The lowest BCUT2D eigenvalue weighted by atomic mass is 10.2. The molecule has 0 aromatic carbocycles. The molecular formula is C15H14ClN5. The molecule has 3 heterocycles. The highest BCUT2D eigenvalue weighted by molar-refractivity contribution is 6.29. The standard InChI is InChI=1S/C15H14ClN5/c16-14-5-12(7-18-20-14)17-6-13-9-21-8-11(10-1-2-10)3-4-15(21)19-13/h3-5,7-10H,1-2,6H2,(H,17,20). The van der Waals surface area contributed by atoms with Crippen LogP contribution in [0, 0.1) is 0 Å². The molecule has 0 atom stereocenters. The second kappa shape index (κ2) is 5.00. The molecule has 0 bridgehead atoms. The fraction of sp³-hybridized carbons (Fsp3) is 0.267. The van der Waals surface area contributed by atoms with Crippen LogP contribution in [0.1, 0.15) is 30.0 Å². The lowest BCUT2D eigenvalue weighted by Crippen LogP contribution is -2.00. The van der Waals surface area contributed by atoms with E-state index in [1.165, 1.54) is 18.4 Å². The summed E-state index contributed by atoms with van der Waals surface area (Å²) < 4.78 is 2.10. The van der Waals surface area contributed by atoms with Crippen LogP contribution in [-0.2, 0) is 6.54 Å². The summed E-state index contributed by atoms with van der Waals surface area (Å²) in [4.78, 5) is 4.60. The number of hydrogen-bond donors (Lipinski definition) is 1. The molecule has 1 fully saturated rings. The Morgan fingerprint density at radius 1 is 1.29 bits per heavy atom. The number of rotatable bonds is 4. The molecule has 21 heavy (non-hydrogen) atoms. The van der Waals surface area contributed by atoms with Gasteiger partial charge in [-0.3, -0.25) is 0 Å².